The van der Waals surface area contributed by atoms with Crippen LogP contribution in [0.1, 0.15) is 84.5 Å². The number of rotatable bonds is 8. The molecule has 1 aliphatic carbocycles. The summed E-state index contributed by atoms with van der Waals surface area (Å²) in [5.41, 5.74) is 2.39. The molecule has 0 N–H and O–H groups in total. The lowest BCUT2D eigenvalue weighted by Crippen LogP contribution is -2.11. The van der Waals surface area contributed by atoms with Crippen molar-refractivity contribution in [3.63, 3.8) is 0 Å². The normalized spacial score (nSPS) is 20.4. The summed E-state index contributed by atoms with van der Waals surface area (Å²) in [5.74, 6) is 0.379. The van der Waals surface area contributed by atoms with E-state index in [9.17, 15) is 4.79 Å². The van der Waals surface area contributed by atoms with Gasteiger partial charge in [0, 0.05) is 12.0 Å². The molecule has 0 aromatic rings. The van der Waals surface area contributed by atoms with Gasteiger partial charge in [-0.25, -0.2) is 0 Å². The van der Waals surface area contributed by atoms with Crippen LogP contribution in [0, 0.1) is 0 Å². The first-order valence-electron chi connectivity index (χ1n) is 8.22. The Kier molecular flexibility index (Phi) is 8.53. The highest BCUT2D eigenvalue weighted by Gasteiger charge is 2.18. The van der Waals surface area contributed by atoms with Crippen LogP contribution in [0.3, 0.4) is 0 Å². The van der Waals surface area contributed by atoms with Gasteiger partial charge >= 0.3 is 0 Å². The van der Waals surface area contributed by atoms with Gasteiger partial charge in [0.1, 0.15) is 0 Å². The molecule has 0 radical (unpaired) electrons. The van der Waals surface area contributed by atoms with E-state index in [1.54, 1.807) is 0 Å². The van der Waals surface area contributed by atoms with Gasteiger partial charge in [0.15, 0.2) is 5.78 Å². The van der Waals surface area contributed by atoms with Crippen molar-refractivity contribution in [3.8, 4) is 0 Å². The van der Waals surface area contributed by atoms with Crippen LogP contribution in [-0.2, 0) is 4.79 Å². The molecule has 1 rings (SSSR count). The number of unbranched alkanes of at least 4 members (excludes halogenated alkanes) is 6. The highest BCUT2D eigenvalue weighted by atomic mass is 16.1. The van der Waals surface area contributed by atoms with Crippen molar-refractivity contribution in [2.24, 2.45) is 0 Å². The Morgan fingerprint density at radius 3 is 2.16 bits per heavy atom. The Morgan fingerprint density at radius 1 is 0.895 bits per heavy atom. The lowest BCUT2D eigenvalue weighted by molar-refractivity contribution is -0.115. The van der Waals surface area contributed by atoms with E-state index in [0.29, 0.717) is 5.78 Å². The molecule has 0 amide bonds. The summed E-state index contributed by atoms with van der Waals surface area (Å²) in [5, 5.41) is 0. The van der Waals surface area contributed by atoms with E-state index in [1.807, 2.05) is 0 Å². The zero-order valence-corrected chi connectivity index (χ0v) is 12.8. The highest BCUT2D eigenvalue weighted by Crippen LogP contribution is 2.27. The van der Waals surface area contributed by atoms with Gasteiger partial charge in [0.25, 0.3) is 0 Å². The smallest absolute Gasteiger partial charge is 0.162 e. The zero-order valence-electron chi connectivity index (χ0n) is 12.8. The number of hydrogen-bond acceptors (Lipinski definition) is 1. The quantitative estimate of drug-likeness (QED) is 0.402. The molecule has 0 aliphatic heterocycles. The van der Waals surface area contributed by atoms with Gasteiger partial charge in [-0.1, -0.05) is 51.7 Å². The van der Waals surface area contributed by atoms with Crippen LogP contribution in [0.5, 0.6) is 0 Å². The van der Waals surface area contributed by atoms with Crippen LogP contribution in [0.2, 0.25) is 0 Å². The first-order chi connectivity index (χ1) is 9.29. The van der Waals surface area contributed by atoms with E-state index in [1.165, 1.54) is 44.1 Å². The summed E-state index contributed by atoms with van der Waals surface area (Å²) in [6.07, 6.45) is 17.2. The molecule has 0 heterocycles. The monoisotopic (exact) mass is 262 g/mol. The molecule has 0 spiro atoms. The number of carbonyl (C=O) groups is 1. The second kappa shape index (κ2) is 10.00. The molecule has 0 bridgehead atoms. The summed E-state index contributed by atoms with van der Waals surface area (Å²) in [4.78, 5) is 12.0. The molecule has 1 aliphatic rings. The maximum atomic E-state index is 12.0. The van der Waals surface area contributed by atoms with Crippen molar-refractivity contribution in [2.75, 3.05) is 0 Å². The van der Waals surface area contributed by atoms with E-state index >= 15 is 0 Å². The molecular formula is C18H30O. The predicted octanol–water partition coefficient (Wildman–Crippen LogP) is 5.75. The molecule has 0 aromatic carbocycles. The third-order valence-corrected chi connectivity index (χ3v) is 3.85. The summed E-state index contributed by atoms with van der Waals surface area (Å²) >= 11 is 0. The van der Waals surface area contributed by atoms with Crippen molar-refractivity contribution in [1.82, 2.24) is 0 Å². The van der Waals surface area contributed by atoms with Crippen LogP contribution >= 0.6 is 0 Å². The molecule has 1 heteroatoms. The first kappa shape index (κ1) is 16.2. The topological polar surface area (TPSA) is 17.1 Å². The number of hydrogen-bond donors (Lipinski definition) is 0. The van der Waals surface area contributed by atoms with Crippen LogP contribution in [0.15, 0.2) is 23.3 Å². The standard InChI is InChI=1S/C18H30O/c1-3-5-7-9-12-16-13-11-15-18(19)17(16)14-10-8-6-4-2/h12,14H,3-11,13,15H2,1-2H3. The summed E-state index contributed by atoms with van der Waals surface area (Å²) in [6, 6.07) is 0. The fraction of sp³-hybridized carbons (Fsp3) is 0.722. The van der Waals surface area contributed by atoms with Gasteiger partial charge in [0.05, 0.1) is 0 Å². The first-order valence-corrected chi connectivity index (χ1v) is 8.22. The van der Waals surface area contributed by atoms with Crippen LogP contribution in [0.25, 0.3) is 0 Å². The molecule has 0 unspecified atom stereocenters. The van der Waals surface area contributed by atoms with Gasteiger partial charge in [-0.05, 0) is 44.1 Å². The van der Waals surface area contributed by atoms with Crippen LogP contribution < -0.4 is 0 Å². The minimum absolute atomic E-state index is 0.379. The lowest BCUT2D eigenvalue weighted by Gasteiger charge is -2.17. The maximum absolute atomic E-state index is 12.0. The zero-order chi connectivity index (χ0) is 13.9. The average molecular weight is 262 g/mol. The minimum atomic E-state index is 0.379. The molecule has 108 valence electrons. The molecule has 19 heavy (non-hydrogen) atoms. The summed E-state index contributed by atoms with van der Waals surface area (Å²) < 4.78 is 0. The second-order valence-corrected chi connectivity index (χ2v) is 5.62. The number of carbonyl (C=O) groups excluding carboxylic acids is 1. The Labute approximate surface area is 119 Å². The van der Waals surface area contributed by atoms with Crippen molar-refractivity contribution in [2.45, 2.75) is 84.5 Å². The van der Waals surface area contributed by atoms with E-state index in [0.717, 1.165) is 37.7 Å². The van der Waals surface area contributed by atoms with Crippen molar-refractivity contribution >= 4 is 5.78 Å². The summed E-state index contributed by atoms with van der Waals surface area (Å²) in [7, 11) is 0. The maximum Gasteiger partial charge on any atom is 0.162 e. The molecule has 1 saturated carbocycles. The van der Waals surface area contributed by atoms with Gasteiger partial charge in [-0.15, -0.1) is 0 Å². The van der Waals surface area contributed by atoms with E-state index < -0.39 is 0 Å². The third-order valence-electron chi connectivity index (χ3n) is 3.85. The Morgan fingerprint density at radius 2 is 1.53 bits per heavy atom. The minimum Gasteiger partial charge on any atom is -0.294 e. The third kappa shape index (κ3) is 6.22. The molecule has 1 nitrogen and oxygen atoms in total. The number of allylic oxidation sites excluding steroid dienone is 4. The second-order valence-electron chi connectivity index (χ2n) is 5.62. The molecule has 0 saturated heterocycles. The molecule has 0 atom stereocenters. The molecular weight excluding hydrogens is 232 g/mol. The SMILES string of the molecule is CCCCCC=C1CCCC(=O)C1=CCCCCC. The predicted molar refractivity (Wildman–Crippen MR) is 83.3 cm³/mol. The van der Waals surface area contributed by atoms with Crippen molar-refractivity contribution < 1.29 is 4.79 Å². The Bertz CT molecular complexity index is 323. The van der Waals surface area contributed by atoms with E-state index in [2.05, 4.69) is 26.0 Å². The van der Waals surface area contributed by atoms with Gasteiger partial charge in [0.2, 0.25) is 0 Å². The number of Topliss-reactive ketones (excluding diaryl/α,β-unsaturated/α-hetero) is 1. The van der Waals surface area contributed by atoms with Crippen molar-refractivity contribution in [3.05, 3.63) is 23.3 Å². The molecule has 0 aromatic heterocycles. The van der Waals surface area contributed by atoms with Gasteiger partial charge in [-0.3, -0.25) is 4.79 Å². The van der Waals surface area contributed by atoms with E-state index in [-0.39, 0.29) is 0 Å². The van der Waals surface area contributed by atoms with Crippen molar-refractivity contribution in [1.29, 1.82) is 0 Å². The lowest BCUT2D eigenvalue weighted by atomic mass is 9.86. The summed E-state index contributed by atoms with van der Waals surface area (Å²) in [6.45, 7) is 4.45. The van der Waals surface area contributed by atoms with Crippen LogP contribution in [-0.4, -0.2) is 5.78 Å². The number of ketones is 1. The van der Waals surface area contributed by atoms with Gasteiger partial charge in [-0.2, -0.15) is 0 Å². The molecule has 1 fully saturated rings. The Balaban J connectivity index is 2.56. The Hall–Kier alpha value is -0.850. The fourth-order valence-corrected chi connectivity index (χ4v) is 2.66. The largest absolute Gasteiger partial charge is 0.294 e. The van der Waals surface area contributed by atoms with E-state index in [4.69, 9.17) is 0 Å². The van der Waals surface area contributed by atoms with Gasteiger partial charge < -0.3 is 0 Å². The van der Waals surface area contributed by atoms with Crippen LogP contribution in [0.4, 0.5) is 0 Å². The highest BCUT2D eigenvalue weighted by molar-refractivity contribution is 6.00. The fourth-order valence-electron chi connectivity index (χ4n) is 2.66. The average Bonchev–Trinajstić information content (AvgIpc) is 2.42.